The van der Waals surface area contributed by atoms with Gasteiger partial charge in [0.15, 0.2) is 0 Å². The molecule has 0 saturated carbocycles. The molecule has 0 spiro atoms. The first-order valence-electron chi connectivity index (χ1n) is 11.2. The van der Waals surface area contributed by atoms with Crippen LogP contribution in [0.15, 0.2) is 48.5 Å². The fourth-order valence-electron chi connectivity index (χ4n) is 4.42. The number of nitrogens with one attached hydrogen (secondary N) is 1. The molecule has 0 aliphatic carbocycles. The van der Waals surface area contributed by atoms with Gasteiger partial charge in [0, 0.05) is 51.6 Å². The highest BCUT2D eigenvalue weighted by Crippen LogP contribution is 2.26. The van der Waals surface area contributed by atoms with E-state index in [1.54, 1.807) is 0 Å². The lowest BCUT2D eigenvalue weighted by Crippen LogP contribution is -2.49. The van der Waals surface area contributed by atoms with E-state index in [0.717, 1.165) is 57.9 Å². The molecule has 30 heavy (non-hydrogen) atoms. The van der Waals surface area contributed by atoms with Crippen LogP contribution in [0.5, 0.6) is 5.75 Å². The van der Waals surface area contributed by atoms with Gasteiger partial charge in [-0.15, -0.1) is 0 Å². The first-order chi connectivity index (χ1) is 14.7. The second kappa shape index (κ2) is 10.1. The summed E-state index contributed by atoms with van der Waals surface area (Å²) in [5, 5.41) is 3.15. The molecule has 1 atom stereocenters. The van der Waals surface area contributed by atoms with Gasteiger partial charge in [-0.2, -0.15) is 0 Å². The Morgan fingerprint density at radius 1 is 1.07 bits per heavy atom. The minimum Gasteiger partial charge on any atom is -0.493 e. The van der Waals surface area contributed by atoms with Crippen molar-refractivity contribution in [3.8, 4) is 5.75 Å². The maximum absolute atomic E-state index is 12.5. The van der Waals surface area contributed by atoms with Gasteiger partial charge in [-0.3, -0.25) is 14.6 Å². The zero-order valence-corrected chi connectivity index (χ0v) is 18.0. The van der Waals surface area contributed by atoms with Crippen LogP contribution in [0.4, 0.5) is 0 Å². The van der Waals surface area contributed by atoms with Crippen molar-refractivity contribution in [1.29, 1.82) is 0 Å². The van der Waals surface area contributed by atoms with Crippen LogP contribution in [0.2, 0.25) is 0 Å². The summed E-state index contributed by atoms with van der Waals surface area (Å²) in [6.45, 7) is 9.06. The molecule has 0 aromatic heterocycles. The molecule has 2 aromatic carbocycles. The number of carbonyl (C=O) groups excluding carboxylic acids is 1. The summed E-state index contributed by atoms with van der Waals surface area (Å²) >= 11 is 0. The molecule has 2 heterocycles. The molecule has 1 N–H and O–H groups in total. The first-order valence-corrected chi connectivity index (χ1v) is 11.2. The van der Waals surface area contributed by atoms with Crippen LogP contribution in [-0.4, -0.2) is 61.6 Å². The van der Waals surface area contributed by atoms with Crippen LogP contribution < -0.4 is 10.1 Å². The number of fused-ring (bicyclic) bond motifs is 1. The van der Waals surface area contributed by atoms with Crippen LogP contribution in [0.3, 0.4) is 0 Å². The van der Waals surface area contributed by atoms with Gasteiger partial charge in [-0.1, -0.05) is 49.4 Å². The Hall–Kier alpha value is -2.37. The lowest BCUT2D eigenvalue weighted by molar-refractivity contribution is -0.122. The van der Waals surface area contributed by atoms with E-state index in [4.69, 9.17) is 4.74 Å². The van der Waals surface area contributed by atoms with Crippen LogP contribution >= 0.6 is 0 Å². The summed E-state index contributed by atoms with van der Waals surface area (Å²) in [6, 6.07) is 17.0. The Balaban J connectivity index is 1.18. The molecule has 2 aliphatic rings. The maximum atomic E-state index is 12.5. The maximum Gasteiger partial charge on any atom is 0.234 e. The predicted molar refractivity (Wildman–Crippen MR) is 120 cm³/mol. The summed E-state index contributed by atoms with van der Waals surface area (Å²) in [4.78, 5) is 17.2. The molecule has 2 aliphatic heterocycles. The lowest BCUT2D eigenvalue weighted by atomic mass is 9.96. The van der Waals surface area contributed by atoms with Gasteiger partial charge < -0.3 is 10.1 Å². The van der Waals surface area contributed by atoms with Gasteiger partial charge in [0.2, 0.25) is 5.91 Å². The van der Waals surface area contributed by atoms with Crippen molar-refractivity contribution in [2.75, 3.05) is 45.9 Å². The highest BCUT2D eigenvalue weighted by atomic mass is 16.5. The number of benzene rings is 2. The van der Waals surface area contributed by atoms with E-state index in [0.29, 0.717) is 19.0 Å². The Bertz CT molecular complexity index is 832. The van der Waals surface area contributed by atoms with E-state index >= 15 is 0 Å². The van der Waals surface area contributed by atoms with Crippen molar-refractivity contribution >= 4 is 5.91 Å². The molecule has 0 radical (unpaired) electrons. The van der Waals surface area contributed by atoms with Crippen molar-refractivity contribution in [3.05, 3.63) is 65.2 Å². The number of ether oxygens (including phenoxy) is 1. The van der Waals surface area contributed by atoms with Crippen molar-refractivity contribution < 1.29 is 9.53 Å². The molecule has 1 fully saturated rings. The predicted octanol–water partition coefficient (Wildman–Crippen LogP) is 3.05. The Labute approximate surface area is 180 Å². The third-order valence-corrected chi connectivity index (χ3v) is 6.30. The van der Waals surface area contributed by atoms with Gasteiger partial charge in [-0.05, 0) is 29.2 Å². The zero-order chi connectivity index (χ0) is 20.8. The van der Waals surface area contributed by atoms with Gasteiger partial charge in [0.1, 0.15) is 5.75 Å². The number of rotatable bonds is 8. The van der Waals surface area contributed by atoms with E-state index < -0.39 is 0 Å². The van der Waals surface area contributed by atoms with Crippen molar-refractivity contribution in [1.82, 2.24) is 15.1 Å². The molecule has 5 nitrogen and oxygen atoms in total. The summed E-state index contributed by atoms with van der Waals surface area (Å²) in [7, 11) is 0. The average molecular weight is 408 g/mol. The van der Waals surface area contributed by atoms with Gasteiger partial charge in [-0.25, -0.2) is 0 Å². The summed E-state index contributed by atoms with van der Waals surface area (Å²) in [6.07, 6.45) is 2.05. The molecule has 5 heteroatoms. The molecule has 1 amide bonds. The van der Waals surface area contributed by atoms with Crippen molar-refractivity contribution in [3.63, 3.8) is 0 Å². The van der Waals surface area contributed by atoms with Crippen LogP contribution in [-0.2, 0) is 17.8 Å². The van der Waals surface area contributed by atoms with E-state index in [-0.39, 0.29) is 5.91 Å². The third kappa shape index (κ3) is 5.41. The summed E-state index contributed by atoms with van der Waals surface area (Å²) in [5.41, 5.74) is 3.99. The van der Waals surface area contributed by atoms with Crippen molar-refractivity contribution in [2.24, 2.45) is 0 Å². The van der Waals surface area contributed by atoms with E-state index in [1.807, 2.05) is 6.07 Å². The molecule has 160 valence electrons. The van der Waals surface area contributed by atoms with Gasteiger partial charge in [0.25, 0.3) is 0 Å². The molecule has 1 saturated heterocycles. The largest absolute Gasteiger partial charge is 0.493 e. The van der Waals surface area contributed by atoms with Gasteiger partial charge in [0.05, 0.1) is 13.2 Å². The number of hydrogen-bond donors (Lipinski definition) is 1. The highest BCUT2D eigenvalue weighted by Gasteiger charge is 2.20. The standard InChI is InChI=1S/C25H33N3O2/c1-2-21(22-6-4-3-5-7-22)17-26-25(29)19-28-13-11-27(12-14-28)18-20-8-9-24-23(16-20)10-15-30-24/h3-9,16,21H,2,10-15,17-19H2,1H3,(H,26,29)/t21-/m1/s1. The molecule has 4 rings (SSSR count). The fraction of sp³-hybridized carbons (Fsp3) is 0.480. The molecular weight excluding hydrogens is 374 g/mol. The topological polar surface area (TPSA) is 44.8 Å². The molecule has 0 unspecified atom stereocenters. The average Bonchev–Trinajstić information content (AvgIpc) is 3.24. The number of hydrogen-bond acceptors (Lipinski definition) is 4. The van der Waals surface area contributed by atoms with Gasteiger partial charge >= 0.3 is 0 Å². The fourth-order valence-corrected chi connectivity index (χ4v) is 4.42. The molecular formula is C25H33N3O2. The number of nitrogens with zero attached hydrogens (tertiary/aromatic N) is 2. The number of piperazine rings is 1. The Morgan fingerprint density at radius 3 is 2.60 bits per heavy atom. The SMILES string of the molecule is CC[C@H](CNC(=O)CN1CCN(Cc2ccc3c(c2)CCO3)CC1)c1ccccc1. The monoisotopic (exact) mass is 407 g/mol. The first kappa shape index (κ1) is 20.9. The number of amides is 1. The van der Waals surface area contributed by atoms with E-state index in [1.165, 1.54) is 16.7 Å². The lowest BCUT2D eigenvalue weighted by Gasteiger charge is -2.34. The van der Waals surface area contributed by atoms with Crippen molar-refractivity contribution in [2.45, 2.75) is 32.2 Å². The van der Waals surface area contributed by atoms with E-state index in [2.05, 4.69) is 64.5 Å². The third-order valence-electron chi connectivity index (χ3n) is 6.30. The van der Waals surface area contributed by atoms with E-state index in [9.17, 15) is 4.79 Å². The Morgan fingerprint density at radius 2 is 1.83 bits per heavy atom. The smallest absolute Gasteiger partial charge is 0.234 e. The van der Waals surface area contributed by atoms with Crippen LogP contribution in [0.25, 0.3) is 0 Å². The normalized spacial score (nSPS) is 17.9. The highest BCUT2D eigenvalue weighted by molar-refractivity contribution is 5.78. The minimum absolute atomic E-state index is 0.136. The van der Waals surface area contributed by atoms with Crippen LogP contribution in [0, 0.1) is 0 Å². The quantitative estimate of drug-likeness (QED) is 0.731. The molecule has 0 bridgehead atoms. The second-order valence-corrected chi connectivity index (χ2v) is 8.41. The minimum atomic E-state index is 0.136. The van der Waals surface area contributed by atoms with Crippen LogP contribution in [0.1, 0.15) is 36.0 Å². The summed E-state index contributed by atoms with van der Waals surface area (Å²) < 4.78 is 5.60. The Kier molecular flexibility index (Phi) is 7.03. The molecule has 2 aromatic rings. The number of carbonyl (C=O) groups is 1. The zero-order valence-electron chi connectivity index (χ0n) is 18.0. The second-order valence-electron chi connectivity index (χ2n) is 8.41. The summed E-state index contributed by atoms with van der Waals surface area (Å²) in [5.74, 6) is 1.56.